The van der Waals surface area contributed by atoms with E-state index in [4.69, 9.17) is 9.15 Å². The van der Waals surface area contributed by atoms with Crippen LogP contribution in [0.1, 0.15) is 73.4 Å². The number of hydrogen-bond acceptors (Lipinski definition) is 4. The third-order valence-corrected chi connectivity index (χ3v) is 14.8. The average Bonchev–Trinajstić information content (AvgIpc) is 3.80. The van der Waals surface area contributed by atoms with Crippen LogP contribution in [-0.4, -0.2) is 6.10 Å². The summed E-state index contributed by atoms with van der Waals surface area (Å²) in [4.78, 5) is 4.94. The highest BCUT2D eigenvalue weighted by Gasteiger charge is 2.48. The van der Waals surface area contributed by atoms with E-state index in [-0.39, 0.29) is 17.4 Å². The lowest BCUT2D eigenvalue weighted by Gasteiger charge is -2.47. The van der Waals surface area contributed by atoms with Gasteiger partial charge in [-0.2, -0.15) is 0 Å². The second kappa shape index (κ2) is 14.0. The number of nitrogens with zero attached hydrogens (tertiary/aromatic N) is 2. The van der Waals surface area contributed by atoms with Crippen molar-refractivity contribution >= 4 is 56.1 Å². The number of anilines is 4. The lowest BCUT2D eigenvalue weighted by molar-refractivity contribution is 0.145. The highest BCUT2D eigenvalue weighted by atomic mass is 16.5. The van der Waals surface area contributed by atoms with Gasteiger partial charge in [-0.25, -0.2) is 0 Å². The summed E-state index contributed by atoms with van der Waals surface area (Å²) in [6.07, 6.45) is 8.74. The van der Waals surface area contributed by atoms with Gasteiger partial charge < -0.3 is 19.0 Å². The summed E-state index contributed by atoms with van der Waals surface area (Å²) in [5.41, 5.74) is 17.0. The first-order valence-corrected chi connectivity index (χ1v) is 22.5. The minimum Gasteiger partial charge on any atom is -0.489 e. The van der Waals surface area contributed by atoms with Crippen LogP contribution >= 0.6 is 0 Å². The second-order valence-corrected chi connectivity index (χ2v) is 18.7. The molecule has 4 heteroatoms. The maximum absolute atomic E-state index is 6.74. The summed E-state index contributed by atoms with van der Waals surface area (Å²) in [6, 6.07) is 59.8. The first-order chi connectivity index (χ1) is 30.7. The molecule has 0 spiro atoms. The van der Waals surface area contributed by atoms with Crippen molar-refractivity contribution in [2.24, 2.45) is 5.92 Å². The number of aryl methyl sites for hydroxylation is 1. The minimum atomic E-state index is -0.393. The van der Waals surface area contributed by atoms with Crippen molar-refractivity contribution in [2.75, 3.05) is 9.80 Å². The molecule has 5 atom stereocenters. The standard InChI is InChI=1S/C59H50N2O2/c1-37-24-27-54-47(30-37)48-32-42(25-28-55(48)62-54)61(41-18-10-7-11-19-41)53-36-58(4)49-23-15-14-22-46(49)52(34-50(58)44-20-12-13-21-45(44)53)60(40-16-8-6-9-17-40)43-26-29-56-51(33-43)59(5)35-39(3)38(2)31-57(59)63-56/h6-30,32-36,38,50,57H,31H2,1-5H3. The molecule has 0 saturated heterocycles. The number of ether oxygens (including phenoxy) is 1. The van der Waals surface area contributed by atoms with Crippen LogP contribution in [0, 0.1) is 12.8 Å². The topological polar surface area (TPSA) is 28.9 Å². The Balaban J connectivity index is 1.06. The van der Waals surface area contributed by atoms with Crippen molar-refractivity contribution < 1.29 is 9.15 Å². The Hall–Kier alpha value is -7.04. The fourth-order valence-electron chi connectivity index (χ4n) is 11.3. The average molecular weight is 819 g/mol. The van der Waals surface area contributed by atoms with Crippen LogP contribution in [0.5, 0.6) is 5.75 Å². The van der Waals surface area contributed by atoms with E-state index in [1.165, 1.54) is 44.7 Å². The van der Waals surface area contributed by atoms with E-state index in [9.17, 15) is 0 Å². The van der Waals surface area contributed by atoms with Crippen LogP contribution in [0.2, 0.25) is 0 Å². The van der Waals surface area contributed by atoms with Gasteiger partial charge in [0.25, 0.3) is 0 Å². The molecule has 4 nitrogen and oxygen atoms in total. The lowest BCUT2D eigenvalue weighted by Crippen LogP contribution is -2.39. The number of rotatable bonds is 6. The van der Waals surface area contributed by atoms with Crippen molar-refractivity contribution in [3.05, 3.63) is 221 Å². The zero-order valence-corrected chi connectivity index (χ0v) is 36.5. The smallest absolute Gasteiger partial charge is 0.135 e. The molecule has 7 aromatic carbocycles. The first kappa shape index (κ1) is 37.7. The molecule has 0 amide bonds. The molecule has 12 rings (SSSR count). The van der Waals surface area contributed by atoms with Gasteiger partial charge in [-0.1, -0.05) is 128 Å². The van der Waals surface area contributed by atoms with Gasteiger partial charge >= 0.3 is 0 Å². The van der Waals surface area contributed by atoms with E-state index >= 15 is 0 Å². The van der Waals surface area contributed by atoms with E-state index in [0.29, 0.717) is 5.92 Å². The predicted molar refractivity (Wildman–Crippen MR) is 260 cm³/mol. The Morgan fingerprint density at radius 1 is 0.540 bits per heavy atom. The molecule has 2 heterocycles. The van der Waals surface area contributed by atoms with Crippen molar-refractivity contribution in [1.29, 1.82) is 0 Å². The van der Waals surface area contributed by atoms with Crippen molar-refractivity contribution in [3.63, 3.8) is 0 Å². The Kier molecular flexibility index (Phi) is 8.37. The molecule has 4 aliphatic rings. The molecular weight excluding hydrogens is 769 g/mol. The van der Waals surface area contributed by atoms with Gasteiger partial charge in [-0.3, -0.25) is 0 Å². The Labute approximate surface area is 370 Å². The summed E-state index contributed by atoms with van der Waals surface area (Å²) in [5.74, 6) is 1.55. The highest BCUT2D eigenvalue weighted by molar-refractivity contribution is 6.07. The largest absolute Gasteiger partial charge is 0.489 e. The fraction of sp³-hybridized carbons (Fsp3) is 0.186. The van der Waals surface area contributed by atoms with Crippen LogP contribution in [0.4, 0.5) is 22.7 Å². The van der Waals surface area contributed by atoms with Gasteiger partial charge in [-0.15, -0.1) is 0 Å². The van der Waals surface area contributed by atoms with E-state index in [2.05, 4.69) is 226 Å². The summed E-state index contributed by atoms with van der Waals surface area (Å²) >= 11 is 0. The molecule has 0 fully saturated rings. The lowest BCUT2D eigenvalue weighted by atomic mass is 9.60. The van der Waals surface area contributed by atoms with E-state index in [1.54, 1.807) is 0 Å². The molecule has 0 saturated carbocycles. The molecule has 1 aromatic heterocycles. The third-order valence-electron chi connectivity index (χ3n) is 14.8. The number of para-hydroxylation sites is 2. The molecule has 0 N–H and O–H groups in total. The van der Waals surface area contributed by atoms with Gasteiger partial charge in [-0.05, 0) is 123 Å². The van der Waals surface area contributed by atoms with Crippen LogP contribution in [0.3, 0.4) is 0 Å². The maximum atomic E-state index is 6.74. The number of allylic oxidation sites excluding steroid dienone is 3. The molecule has 63 heavy (non-hydrogen) atoms. The Morgan fingerprint density at radius 2 is 1.16 bits per heavy atom. The van der Waals surface area contributed by atoms with Crippen molar-refractivity contribution in [3.8, 4) is 5.75 Å². The molecule has 0 bridgehead atoms. The van der Waals surface area contributed by atoms with Gasteiger partial charge in [0, 0.05) is 61.5 Å². The zero-order chi connectivity index (χ0) is 42.6. The highest BCUT2D eigenvalue weighted by Crippen LogP contribution is 2.58. The molecule has 1 aliphatic heterocycles. The Morgan fingerprint density at radius 3 is 1.92 bits per heavy atom. The molecule has 5 unspecified atom stereocenters. The number of hydrogen-bond donors (Lipinski definition) is 0. The third kappa shape index (κ3) is 5.73. The van der Waals surface area contributed by atoms with Gasteiger partial charge in [0.15, 0.2) is 0 Å². The summed E-state index contributed by atoms with van der Waals surface area (Å²) < 4.78 is 13.1. The van der Waals surface area contributed by atoms with Crippen LogP contribution in [0.25, 0.3) is 33.3 Å². The monoisotopic (exact) mass is 818 g/mol. The number of furan rings is 1. The quantitative estimate of drug-likeness (QED) is 0.156. The molecule has 308 valence electrons. The van der Waals surface area contributed by atoms with E-state index in [0.717, 1.165) is 62.6 Å². The van der Waals surface area contributed by atoms with Gasteiger partial charge in [0.05, 0.1) is 16.8 Å². The Bertz CT molecular complexity index is 3230. The summed E-state index contributed by atoms with van der Waals surface area (Å²) in [7, 11) is 0. The zero-order valence-electron chi connectivity index (χ0n) is 36.5. The molecule has 3 aliphatic carbocycles. The number of benzene rings is 7. The first-order valence-electron chi connectivity index (χ1n) is 22.5. The van der Waals surface area contributed by atoms with Crippen LogP contribution < -0.4 is 14.5 Å². The van der Waals surface area contributed by atoms with E-state index < -0.39 is 5.41 Å². The van der Waals surface area contributed by atoms with E-state index in [1.807, 2.05) is 0 Å². The summed E-state index contributed by atoms with van der Waals surface area (Å²) in [5, 5.41) is 2.25. The number of fused-ring (bicyclic) bond motifs is 11. The van der Waals surface area contributed by atoms with Crippen LogP contribution in [0.15, 0.2) is 192 Å². The SMILES string of the molecule is CC1=CC2(C)c3cc(N(C4=CC5c6ccccc6C(N(c6ccccc6)c6ccc7oc8ccc(C)cc8c7c6)=CC5(C)c5ccccc54)c4ccccc4)ccc3OC2CC1C. The van der Waals surface area contributed by atoms with Gasteiger partial charge in [0.2, 0.25) is 0 Å². The molecular formula is C59H50N2O2. The normalized spacial score (nSPS) is 23.0. The van der Waals surface area contributed by atoms with Crippen LogP contribution in [-0.2, 0) is 10.8 Å². The predicted octanol–water partition coefficient (Wildman–Crippen LogP) is 15.3. The fourth-order valence-corrected chi connectivity index (χ4v) is 11.3. The van der Waals surface area contributed by atoms with Crippen molar-refractivity contribution in [2.45, 2.75) is 63.9 Å². The van der Waals surface area contributed by atoms with Gasteiger partial charge in [0.1, 0.15) is 23.0 Å². The molecule has 8 aromatic rings. The van der Waals surface area contributed by atoms with Crippen molar-refractivity contribution in [1.82, 2.24) is 0 Å². The minimum absolute atomic E-state index is 0.0412. The second-order valence-electron chi connectivity index (χ2n) is 18.7. The summed E-state index contributed by atoms with van der Waals surface area (Å²) in [6.45, 7) is 11.6. The molecule has 0 radical (unpaired) electrons. The maximum Gasteiger partial charge on any atom is 0.135 e.